The Balaban J connectivity index is 1.87. The molecule has 5 heteroatoms. The van der Waals surface area contributed by atoms with E-state index in [2.05, 4.69) is 28.2 Å². The van der Waals surface area contributed by atoms with E-state index in [1.165, 1.54) is 0 Å². The van der Waals surface area contributed by atoms with Gasteiger partial charge in [0.1, 0.15) is 5.82 Å². The number of nitrogens with two attached hydrogens (primary N) is 1. The maximum absolute atomic E-state index is 6.04. The van der Waals surface area contributed by atoms with Crippen LogP contribution in [0.1, 0.15) is 6.42 Å². The van der Waals surface area contributed by atoms with Crippen molar-refractivity contribution in [2.75, 3.05) is 18.0 Å². The number of fused-ring (bicyclic) bond motifs is 1. The van der Waals surface area contributed by atoms with Gasteiger partial charge in [-0.25, -0.2) is 4.98 Å². The molecular weight excluding hydrogens is 262 g/mol. The predicted molar refractivity (Wildman–Crippen MR) is 83.2 cm³/mol. The lowest BCUT2D eigenvalue weighted by Gasteiger charge is -2.19. The van der Waals surface area contributed by atoms with Crippen molar-refractivity contribution < 1.29 is 0 Å². The van der Waals surface area contributed by atoms with E-state index in [1.807, 2.05) is 28.8 Å². The number of aromatic nitrogens is 3. The summed E-state index contributed by atoms with van der Waals surface area (Å²) in [6.45, 7) is 1.83. The molecule has 106 valence electrons. The van der Waals surface area contributed by atoms with Crippen molar-refractivity contribution in [3.8, 4) is 11.3 Å². The Labute approximate surface area is 123 Å². The van der Waals surface area contributed by atoms with Gasteiger partial charge in [-0.3, -0.25) is 0 Å². The minimum Gasteiger partial charge on any atom is -0.355 e. The van der Waals surface area contributed by atoms with Crippen LogP contribution < -0.4 is 10.6 Å². The third-order valence-corrected chi connectivity index (χ3v) is 3.96. The molecule has 0 radical (unpaired) electrons. The number of rotatable bonds is 2. The van der Waals surface area contributed by atoms with Crippen molar-refractivity contribution in [2.24, 2.45) is 5.73 Å². The average molecular weight is 279 g/mol. The fourth-order valence-corrected chi connectivity index (χ4v) is 2.87. The molecular formula is C16H17N5. The van der Waals surface area contributed by atoms with Crippen molar-refractivity contribution in [1.82, 2.24) is 14.6 Å². The lowest BCUT2D eigenvalue weighted by Crippen LogP contribution is -2.27. The van der Waals surface area contributed by atoms with Gasteiger partial charge in [0, 0.05) is 36.8 Å². The Morgan fingerprint density at radius 2 is 2.00 bits per heavy atom. The number of hydrogen-bond donors (Lipinski definition) is 1. The summed E-state index contributed by atoms with van der Waals surface area (Å²) in [6, 6.07) is 14.5. The minimum atomic E-state index is 0.240. The molecule has 3 heterocycles. The van der Waals surface area contributed by atoms with Crippen LogP contribution in [0.25, 0.3) is 16.9 Å². The highest BCUT2D eigenvalue weighted by molar-refractivity contribution is 5.67. The number of nitrogens with zero attached hydrogens (tertiary/aromatic N) is 4. The van der Waals surface area contributed by atoms with E-state index in [0.29, 0.717) is 0 Å². The number of benzene rings is 1. The van der Waals surface area contributed by atoms with Gasteiger partial charge in [0.25, 0.3) is 0 Å². The van der Waals surface area contributed by atoms with Gasteiger partial charge in [-0.1, -0.05) is 30.3 Å². The lowest BCUT2D eigenvalue weighted by atomic mass is 10.1. The van der Waals surface area contributed by atoms with Gasteiger partial charge < -0.3 is 10.6 Å². The summed E-state index contributed by atoms with van der Waals surface area (Å²) in [5.41, 5.74) is 9.00. The zero-order chi connectivity index (χ0) is 14.2. The average Bonchev–Trinajstić information content (AvgIpc) is 3.15. The van der Waals surface area contributed by atoms with Crippen LogP contribution in [0.3, 0.4) is 0 Å². The van der Waals surface area contributed by atoms with Gasteiger partial charge in [0.05, 0.1) is 11.9 Å². The number of hydrogen-bond acceptors (Lipinski definition) is 4. The summed E-state index contributed by atoms with van der Waals surface area (Å²) in [6.07, 6.45) is 2.81. The molecule has 1 fully saturated rings. The summed E-state index contributed by atoms with van der Waals surface area (Å²) < 4.78 is 1.89. The summed E-state index contributed by atoms with van der Waals surface area (Å²) in [7, 11) is 0. The molecule has 1 saturated heterocycles. The summed E-state index contributed by atoms with van der Waals surface area (Å²) in [4.78, 5) is 6.99. The van der Waals surface area contributed by atoms with Crippen molar-refractivity contribution in [1.29, 1.82) is 0 Å². The summed E-state index contributed by atoms with van der Waals surface area (Å²) in [5, 5.41) is 4.39. The maximum Gasteiger partial charge on any atom is 0.157 e. The molecule has 0 bridgehead atoms. The predicted octanol–water partition coefficient (Wildman–Crippen LogP) is 1.93. The highest BCUT2D eigenvalue weighted by Crippen LogP contribution is 2.26. The molecule has 4 rings (SSSR count). The fraction of sp³-hybridized carbons (Fsp3) is 0.250. The van der Waals surface area contributed by atoms with E-state index in [9.17, 15) is 0 Å². The van der Waals surface area contributed by atoms with Gasteiger partial charge in [-0.2, -0.15) is 9.61 Å². The largest absolute Gasteiger partial charge is 0.355 e. The van der Waals surface area contributed by atoms with Crippen LogP contribution in [0, 0.1) is 0 Å². The first-order chi connectivity index (χ1) is 10.3. The second-order valence-electron chi connectivity index (χ2n) is 5.46. The van der Waals surface area contributed by atoms with Crippen LogP contribution in [0.15, 0.2) is 48.7 Å². The van der Waals surface area contributed by atoms with Crippen LogP contribution in [-0.2, 0) is 0 Å². The van der Waals surface area contributed by atoms with E-state index in [1.54, 1.807) is 6.20 Å². The molecule has 1 atom stereocenters. The second-order valence-corrected chi connectivity index (χ2v) is 5.46. The highest BCUT2D eigenvalue weighted by atomic mass is 15.4. The Kier molecular flexibility index (Phi) is 2.86. The smallest absolute Gasteiger partial charge is 0.157 e. The van der Waals surface area contributed by atoms with E-state index in [-0.39, 0.29) is 6.04 Å². The van der Waals surface area contributed by atoms with E-state index in [0.717, 1.165) is 42.2 Å². The third-order valence-electron chi connectivity index (χ3n) is 3.96. The van der Waals surface area contributed by atoms with Crippen LogP contribution in [0.5, 0.6) is 0 Å². The van der Waals surface area contributed by atoms with Crippen LogP contribution in [0.2, 0.25) is 0 Å². The molecule has 2 N–H and O–H groups in total. The molecule has 0 aliphatic carbocycles. The van der Waals surface area contributed by atoms with Gasteiger partial charge >= 0.3 is 0 Å². The van der Waals surface area contributed by atoms with Crippen molar-refractivity contribution in [3.63, 3.8) is 0 Å². The van der Waals surface area contributed by atoms with Gasteiger partial charge in [0.15, 0.2) is 5.65 Å². The molecule has 2 aromatic heterocycles. The quantitative estimate of drug-likeness (QED) is 0.778. The molecule has 1 aromatic carbocycles. The second kappa shape index (κ2) is 4.86. The Hall–Kier alpha value is -2.40. The third kappa shape index (κ3) is 2.15. The number of anilines is 1. The maximum atomic E-state index is 6.04. The molecule has 3 aromatic rings. The molecule has 0 saturated carbocycles. The van der Waals surface area contributed by atoms with Gasteiger partial charge in [-0.15, -0.1) is 0 Å². The SMILES string of the molecule is NC1CCN(c2cc(-c3ccccc3)nc3ccnn23)C1. The zero-order valence-electron chi connectivity index (χ0n) is 11.7. The molecule has 0 spiro atoms. The molecule has 1 aliphatic heterocycles. The standard InChI is InChI=1S/C16H17N5/c17-13-7-9-20(11-13)16-10-14(12-4-2-1-3-5-12)19-15-6-8-18-21(15)16/h1-6,8,10,13H,7,9,11,17H2. The topological polar surface area (TPSA) is 59.5 Å². The monoisotopic (exact) mass is 279 g/mol. The fourth-order valence-electron chi connectivity index (χ4n) is 2.87. The molecule has 1 unspecified atom stereocenters. The van der Waals surface area contributed by atoms with Crippen LogP contribution in [0.4, 0.5) is 5.82 Å². The first-order valence-corrected chi connectivity index (χ1v) is 7.22. The summed E-state index contributed by atoms with van der Waals surface area (Å²) >= 11 is 0. The van der Waals surface area contributed by atoms with Gasteiger partial charge in [0.2, 0.25) is 0 Å². The molecule has 21 heavy (non-hydrogen) atoms. The first kappa shape index (κ1) is 12.3. The Bertz CT molecular complexity index is 765. The molecule has 1 aliphatic rings. The van der Waals surface area contributed by atoms with Crippen molar-refractivity contribution in [2.45, 2.75) is 12.5 Å². The highest BCUT2D eigenvalue weighted by Gasteiger charge is 2.22. The summed E-state index contributed by atoms with van der Waals surface area (Å²) in [5.74, 6) is 1.07. The van der Waals surface area contributed by atoms with Crippen LogP contribution >= 0.6 is 0 Å². The minimum absolute atomic E-state index is 0.240. The van der Waals surface area contributed by atoms with Crippen LogP contribution in [-0.4, -0.2) is 33.7 Å². The molecule has 5 nitrogen and oxygen atoms in total. The lowest BCUT2D eigenvalue weighted by molar-refractivity contribution is 0.749. The normalized spacial score (nSPS) is 18.5. The first-order valence-electron chi connectivity index (χ1n) is 7.22. The van der Waals surface area contributed by atoms with Gasteiger partial charge in [-0.05, 0) is 6.42 Å². The van der Waals surface area contributed by atoms with E-state index < -0.39 is 0 Å². The van der Waals surface area contributed by atoms with Crippen molar-refractivity contribution >= 4 is 11.5 Å². The van der Waals surface area contributed by atoms with E-state index >= 15 is 0 Å². The van der Waals surface area contributed by atoms with E-state index in [4.69, 9.17) is 10.7 Å². The Morgan fingerprint density at radius 3 is 2.76 bits per heavy atom. The Morgan fingerprint density at radius 1 is 1.14 bits per heavy atom. The zero-order valence-corrected chi connectivity index (χ0v) is 11.7. The molecule has 0 amide bonds. The van der Waals surface area contributed by atoms with Crippen molar-refractivity contribution in [3.05, 3.63) is 48.7 Å².